The number of nitrogens with zero attached hydrogens (tertiary/aromatic N) is 1. The van der Waals surface area contributed by atoms with Gasteiger partial charge in [0.1, 0.15) is 5.82 Å². The lowest BCUT2D eigenvalue weighted by Crippen LogP contribution is -2.45. The quantitative estimate of drug-likeness (QED) is 0.787. The number of halogens is 2. The molecule has 20 heavy (non-hydrogen) atoms. The highest BCUT2D eigenvalue weighted by Crippen LogP contribution is 2.22. The lowest BCUT2D eigenvalue weighted by Gasteiger charge is -2.36. The van der Waals surface area contributed by atoms with Crippen LogP contribution >= 0.6 is 15.9 Å². The molecule has 0 aliphatic carbocycles. The van der Waals surface area contributed by atoms with Gasteiger partial charge in [0.25, 0.3) is 0 Å². The van der Waals surface area contributed by atoms with Crippen LogP contribution in [-0.4, -0.2) is 30.6 Å². The van der Waals surface area contributed by atoms with Crippen LogP contribution in [0.2, 0.25) is 0 Å². The first-order chi connectivity index (χ1) is 9.70. The molecule has 0 amide bonds. The minimum Gasteiger partial charge on any atom is -0.315 e. The number of rotatable bonds is 6. The number of benzene rings is 1. The third-order valence-corrected chi connectivity index (χ3v) is 4.53. The smallest absolute Gasteiger partial charge is 0.137 e. The van der Waals surface area contributed by atoms with Gasteiger partial charge >= 0.3 is 0 Å². The zero-order chi connectivity index (χ0) is 14.4. The second-order valence-electron chi connectivity index (χ2n) is 5.57. The number of piperidine rings is 1. The predicted molar refractivity (Wildman–Crippen MR) is 85.3 cm³/mol. The largest absolute Gasteiger partial charge is 0.315 e. The van der Waals surface area contributed by atoms with Gasteiger partial charge in [-0.15, -0.1) is 0 Å². The van der Waals surface area contributed by atoms with Crippen molar-refractivity contribution in [3.8, 4) is 0 Å². The van der Waals surface area contributed by atoms with Gasteiger partial charge in [-0.05, 0) is 66.0 Å². The van der Waals surface area contributed by atoms with Crippen molar-refractivity contribution in [3.05, 3.63) is 34.1 Å². The van der Waals surface area contributed by atoms with Crippen LogP contribution in [0.4, 0.5) is 4.39 Å². The molecule has 0 saturated carbocycles. The van der Waals surface area contributed by atoms with E-state index >= 15 is 0 Å². The number of hydrogen-bond acceptors (Lipinski definition) is 2. The van der Waals surface area contributed by atoms with Gasteiger partial charge in [0.2, 0.25) is 0 Å². The second-order valence-corrected chi connectivity index (χ2v) is 6.43. The number of hydrogen-bond donors (Lipinski definition) is 1. The molecule has 0 bridgehead atoms. The van der Waals surface area contributed by atoms with Gasteiger partial charge in [-0.1, -0.05) is 19.4 Å². The van der Waals surface area contributed by atoms with E-state index in [1.807, 2.05) is 12.1 Å². The van der Waals surface area contributed by atoms with Crippen molar-refractivity contribution >= 4 is 15.9 Å². The lowest BCUT2D eigenvalue weighted by atomic mass is 10.0. The molecule has 1 aromatic rings. The third kappa shape index (κ3) is 4.54. The molecule has 4 heteroatoms. The van der Waals surface area contributed by atoms with E-state index < -0.39 is 0 Å². The summed E-state index contributed by atoms with van der Waals surface area (Å²) in [5.41, 5.74) is 1.18. The maximum atomic E-state index is 13.3. The molecule has 1 atom stereocenters. The minimum atomic E-state index is -0.187. The zero-order valence-electron chi connectivity index (χ0n) is 12.2. The van der Waals surface area contributed by atoms with Crippen LogP contribution in [-0.2, 0) is 6.54 Å². The molecule has 0 spiro atoms. The van der Waals surface area contributed by atoms with Gasteiger partial charge in [-0.2, -0.15) is 0 Å². The Kier molecular flexibility index (Phi) is 6.46. The maximum Gasteiger partial charge on any atom is 0.137 e. The molecule has 1 aliphatic rings. The van der Waals surface area contributed by atoms with E-state index in [0.717, 1.165) is 26.2 Å². The summed E-state index contributed by atoms with van der Waals surface area (Å²) in [6.45, 7) is 6.41. The van der Waals surface area contributed by atoms with Gasteiger partial charge in [-0.3, -0.25) is 4.90 Å². The molecule has 2 rings (SSSR count). The Balaban J connectivity index is 1.95. The van der Waals surface area contributed by atoms with E-state index in [2.05, 4.69) is 33.1 Å². The second kappa shape index (κ2) is 8.11. The normalized spacial score (nSPS) is 20.2. The summed E-state index contributed by atoms with van der Waals surface area (Å²) in [6.07, 6.45) is 5.03. The Morgan fingerprint density at radius 1 is 1.40 bits per heavy atom. The molecular weight excluding hydrogens is 319 g/mol. The molecule has 1 aromatic carbocycles. The molecular formula is C16H24BrFN2. The number of nitrogens with one attached hydrogen (secondary N) is 1. The standard InChI is InChI=1S/C16H24BrFN2/c1-2-8-19-11-14-5-3-4-9-20(14)12-13-6-7-16(18)15(17)10-13/h6-7,10,14,19H,2-5,8-9,11-12H2,1H3. The predicted octanol–water partition coefficient (Wildman–Crippen LogP) is 3.94. The van der Waals surface area contributed by atoms with Crippen molar-refractivity contribution in [1.29, 1.82) is 0 Å². The highest BCUT2D eigenvalue weighted by molar-refractivity contribution is 9.10. The molecule has 0 radical (unpaired) electrons. The fourth-order valence-electron chi connectivity index (χ4n) is 2.82. The average molecular weight is 343 g/mol. The van der Waals surface area contributed by atoms with Gasteiger partial charge < -0.3 is 5.32 Å². The Hall–Kier alpha value is -0.450. The summed E-state index contributed by atoms with van der Waals surface area (Å²) in [5, 5.41) is 3.53. The summed E-state index contributed by atoms with van der Waals surface area (Å²) in [5.74, 6) is -0.187. The first kappa shape index (κ1) is 15.9. The van der Waals surface area contributed by atoms with E-state index in [0.29, 0.717) is 10.5 Å². The molecule has 112 valence electrons. The monoisotopic (exact) mass is 342 g/mol. The highest BCUT2D eigenvalue weighted by atomic mass is 79.9. The Labute approximate surface area is 129 Å². The Bertz CT molecular complexity index is 425. The molecule has 1 N–H and O–H groups in total. The summed E-state index contributed by atoms with van der Waals surface area (Å²) < 4.78 is 13.9. The van der Waals surface area contributed by atoms with E-state index in [-0.39, 0.29) is 5.82 Å². The molecule has 1 unspecified atom stereocenters. The maximum absolute atomic E-state index is 13.3. The van der Waals surface area contributed by atoms with E-state index in [4.69, 9.17) is 0 Å². The van der Waals surface area contributed by atoms with Crippen LogP contribution in [0.25, 0.3) is 0 Å². The lowest BCUT2D eigenvalue weighted by molar-refractivity contribution is 0.137. The SMILES string of the molecule is CCCNCC1CCCCN1Cc1ccc(F)c(Br)c1. The molecule has 1 fully saturated rings. The topological polar surface area (TPSA) is 15.3 Å². The van der Waals surface area contributed by atoms with Gasteiger partial charge in [0, 0.05) is 19.1 Å². The Morgan fingerprint density at radius 2 is 2.25 bits per heavy atom. The van der Waals surface area contributed by atoms with Crippen molar-refractivity contribution < 1.29 is 4.39 Å². The van der Waals surface area contributed by atoms with Crippen molar-refractivity contribution in [2.75, 3.05) is 19.6 Å². The fourth-order valence-corrected chi connectivity index (χ4v) is 3.24. The van der Waals surface area contributed by atoms with E-state index in [1.165, 1.54) is 31.2 Å². The molecule has 1 aliphatic heterocycles. The summed E-state index contributed by atoms with van der Waals surface area (Å²) >= 11 is 3.27. The van der Waals surface area contributed by atoms with Gasteiger partial charge in [-0.25, -0.2) is 4.39 Å². The van der Waals surface area contributed by atoms with E-state index in [9.17, 15) is 4.39 Å². The third-order valence-electron chi connectivity index (χ3n) is 3.93. The number of likely N-dealkylation sites (tertiary alicyclic amines) is 1. The summed E-state index contributed by atoms with van der Waals surface area (Å²) in [6, 6.07) is 5.96. The van der Waals surface area contributed by atoms with Crippen LogP contribution < -0.4 is 5.32 Å². The summed E-state index contributed by atoms with van der Waals surface area (Å²) in [4.78, 5) is 2.53. The highest BCUT2D eigenvalue weighted by Gasteiger charge is 2.22. The van der Waals surface area contributed by atoms with Crippen LogP contribution in [0.15, 0.2) is 22.7 Å². The van der Waals surface area contributed by atoms with Crippen molar-refractivity contribution in [3.63, 3.8) is 0 Å². The van der Waals surface area contributed by atoms with Crippen molar-refractivity contribution in [2.45, 2.75) is 45.2 Å². The average Bonchev–Trinajstić information content (AvgIpc) is 2.45. The van der Waals surface area contributed by atoms with Crippen LogP contribution in [0.5, 0.6) is 0 Å². The van der Waals surface area contributed by atoms with Crippen LogP contribution in [0.1, 0.15) is 38.2 Å². The fraction of sp³-hybridized carbons (Fsp3) is 0.625. The van der Waals surface area contributed by atoms with Gasteiger partial charge in [0.05, 0.1) is 4.47 Å². The molecule has 0 aromatic heterocycles. The molecule has 2 nitrogen and oxygen atoms in total. The van der Waals surface area contributed by atoms with Crippen molar-refractivity contribution in [1.82, 2.24) is 10.2 Å². The molecule has 1 saturated heterocycles. The van der Waals surface area contributed by atoms with Gasteiger partial charge in [0.15, 0.2) is 0 Å². The minimum absolute atomic E-state index is 0.187. The summed E-state index contributed by atoms with van der Waals surface area (Å²) in [7, 11) is 0. The first-order valence-corrected chi connectivity index (χ1v) is 8.38. The first-order valence-electron chi connectivity index (χ1n) is 7.59. The van der Waals surface area contributed by atoms with Crippen LogP contribution in [0.3, 0.4) is 0 Å². The van der Waals surface area contributed by atoms with E-state index in [1.54, 1.807) is 6.07 Å². The van der Waals surface area contributed by atoms with Crippen molar-refractivity contribution in [2.24, 2.45) is 0 Å². The molecule has 1 heterocycles. The zero-order valence-corrected chi connectivity index (χ0v) is 13.8. The Morgan fingerprint density at radius 3 is 3.00 bits per heavy atom. The van der Waals surface area contributed by atoms with Crippen LogP contribution in [0, 0.1) is 5.82 Å².